The molecule has 6 heteroatoms. The van der Waals surface area contributed by atoms with Crippen molar-refractivity contribution >= 4 is 16.7 Å². The maximum absolute atomic E-state index is 11.8. The Hall–Kier alpha value is -0.460. The zero-order chi connectivity index (χ0) is 12.7. The Bertz CT molecular complexity index is 267. The Labute approximate surface area is 106 Å². The van der Waals surface area contributed by atoms with Crippen molar-refractivity contribution in [2.24, 2.45) is 0 Å². The molecule has 0 radical (unpaired) electrons. The fourth-order valence-corrected chi connectivity index (χ4v) is 2.42. The summed E-state index contributed by atoms with van der Waals surface area (Å²) in [6.07, 6.45) is 2.47. The molecular weight excluding hydrogens is 238 g/mol. The minimum atomic E-state index is -0.765. The van der Waals surface area contributed by atoms with Crippen LogP contribution in [0.2, 0.25) is 0 Å². The van der Waals surface area contributed by atoms with Gasteiger partial charge in [0.05, 0.1) is 6.04 Å². The number of piperazine rings is 1. The molecule has 0 aliphatic carbocycles. The van der Waals surface area contributed by atoms with Crippen molar-refractivity contribution in [2.75, 3.05) is 44.7 Å². The van der Waals surface area contributed by atoms with Gasteiger partial charge < -0.3 is 10.6 Å². The highest BCUT2D eigenvalue weighted by molar-refractivity contribution is 7.84. The fourth-order valence-electron chi connectivity index (χ4n) is 1.87. The summed E-state index contributed by atoms with van der Waals surface area (Å²) in [4.78, 5) is 14.0. The smallest absolute Gasteiger partial charge is 0.237 e. The quantitative estimate of drug-likeness (QED) is 0.612. The first kappa shape index (κ1) is 14.6. The van der Waals surface area contributed by atoms with Gasteiger partial charge in [0.1, 0.15) is 0 Å². The second-order valence-electron chi connectivity index (χ2n) is 4.38. The van der Waals surface area contributed by atoms with Gasteiger partial charge in [0, 0.05) is 55.5 Å². The average molecular weight is 261 g/mol. The molecule has 2 unspecified atom stereocenters. The van der Waals surface area contributed by atoms with Crippen molar-refractivity contribution in [1.29, 1.82) is 0 Å². The number of rotatable bonds is 6. The predicted octanol–water partition coefficient (Wildman–Crippen LogP) is -0.835. The number of carbonyl (C=O) groups is 1. The van der Waals surface area contributed by atoms with E-state index in [4.69, 9.17) is 0 Å². The molecule has 100 valence electrons. The molecule has 1 heterocycles. The van der Waals surface area contributed by atoms with E-state index in [0.29, 0.717) is 12.3 Å². The van der Waals surface area contributed by atoms with Crippen molar-refractivity contribution in [3.8, 4) is 0 Å². The van der Waals surface area contributed by atoms with Gasteiger partial charge in [-0.05, 0) is 13.3 Å². The Morgan fingerprint density at radius 2 is 2.12 bits per heavy atom. The lowest BCUT2D eigenvalue weighted by molar-refractivity contribution is -0.126. The molecule has 1 amide bonds. The van der Waals surface area contributed by atoms with Crippen LogP contribution in [0.1, 0.15) is 13.3 Å². The van der Waals surface area contributed by atoms with Gasteiger partial charge in [0.25, 0.3) is 0 Å². The highest BCUT2D eigenvalue weighted by Crippen LogP contribution is 2.00. The summed E-state index contributed by atoms with van der Waals surface area (Å²) in [5, 5.41) is 6.17. The monoisotopic (exact) mass is 261 g/mol. The van der Waals surface area contributed by atoms with Crippen LogP contribution in [0.4, 0.5) is 0 Å². The lowest BCUT2D eigenvalue weighted by Crippen LogP contribution is -2.52. The molecule has 0 aromatic carbocycles. The summed E-state index contributed by atoms with van der Waals surface area (Å²) in [5.41, 5.74) is 0. The summed E-state index contributed by atoms with van der Waals surface area (Å²) >= 11 is 0. The number of hydrogen-bond acceptors (Lipinski definition) is 4. The Morgan fingerprint density at radius 1 is 1.47 bits per heavy atom. The van der Waals surface area contributed by atoms with E-state index >= 15 is 0 Å². The van der Waals surface area contributed by atoms with Crippen molar-refractivity contribution in [3.05, 3.63) is 0 Å². The van der Waals surface area contributed by atoms with Gasteiger partial charge in [-0.2, -0.15) is 0 Å². The van der Waals surface area contributed by atoms with Crippen LogP contribution in [-0.2, 0) is 15.6 Å². The minimum absolute atomic E-state index is 0.0655. The molecule has 1 aliphatic heterocycles. The molecule has 0 spiro atoms. The van der Waals surface area contributed by atoms with Gasteiger partial charge in [-0.25, -0.2) is 0 Å². The summed E-state index contributed by atoms with van der Waals surface area (Å²) in [6, 6.07) is -0.0655. The molecule has 1 saturated heterocycles. The minimum Gasteiger partial charge on any atom is -0.355 e. The van der Waals surface area contributed by atoms with Crippen molar-refractivity contribution < 1.29 is 9.00 Å². The van der Waals surface area contributed by atoms with E-state index in [0.717, 1.165) is 32.6 Å². The van der Waals surface area contributed by atoms with E-state index in [2.05, 4.69) is 15.5 Å². The topological polar surface area (TPSA) is 61.4 Å². The lowest BCUT2D eigenvalue weighted by Gasteiger charge is -2.31. The van der Waals surface area contributed by atoms with E-state index < -0.39 is 10.8 Å². The van der Waals surface area contributed by atoms with Gasteiger partial charge in [-0.15, -0.1) is 0 Å². The SMILES string of the molecule is CC(C(=O)NCCCS(C)=O)N1CCNCC1. The number of carbonyl (C=O) groups excluding carboxylic acids is 1. The molecule has 1 fully saturated rings. The molecule has 2 N–H and O–H groups in total. The molecule has 1 aliphatic rings. The maximum Gasteiger partial charge on any atom is 0.237 e. The third-order valence-electron chi connectivity index (χ3n) is 2.99. The van der Waals surface area contributed by atoms with Crippen LogP contribution in [0, 0.1) is 0 Å². The first-order chi connectivity index (χ1) is 8.11. The lowest BCUT2D eigenvalue weighted by atomic mass is 10.2. The zero-order valence-electron chi connectivity index (χ0n) is 10.7. The molecule has 0 aromatic rings. The molecule has 0 aromatic heterocycles. The standard InChI is InChI=1S/C11H23N3O2S/c1-10(14-7-5-12-6-8-14)11(15)13-4-3-9-17(2)16/h10,12H,3-9H2,1-2H3,(H,13,15). The van der Waals surface area contributed by atoms with E-state index in [9.17, 15) is 9.00 Å². The highest BCUT2D eigenvalue weighted by atomic mass is 32.2. The largest absolute Gasteiger partial charge is 0.355 e. The van der Waals surface area contributed by atoms with E-state index in [1.54, 1.807) is 6.26 Å². The second kappa shape index (κ2) is 7.79. The number of hydrogen-bond donors (Lipinski definition) is 2. The molecule has 5 nitrogen and oxygen atoms in total. The normalized spacial score (nSPS) is 20.8. The molecule has 1 rings (SSSR count). The molecule has 0 saturated carbocycles. The van der Waals surface area contributed by atoms with Gasteiger partial charge in [0.15, 0.2) is 0 Å². The molecule has 2 atom stereocenters. The highest BCUT2D eigenvalue weighted by Gasteiger charge is 2.21. The zero-order valence-corrected chi connectivity index (χ0v) is 11.5. The first-order valence-corrected chi connectivity index (χ1v) is 7.86. The van der Waals surface area contributed by atoms with Gasteiger partial charge in [-0.1, -0.05) is 0 Å². The summed E-state index contributed by atoms with van der Waals surface area (Å²) in [6.45, 7) is 6.31. The van der Waals surface area contributed by atoms with Gasteiger partial charge in [-0.3, -0.25) is 13.9 Å². The van der Waals surface area contributed by atoms with Crippen LogP contribution in [0.15, 0.2) is 0 Å². The van der Waals surface area contributed by atoms with Crippen LogP contribution in [0.25, 0.3) is 0 Å². The summed E-state index contributed by atoms with van der Waals surface area (Å²) in [5.74, 6) is 0.733. The second-order valence-corrected chi connectivity index (χ2v) is 5.94. The number of amides is 1. The van der Waals surface area contributed by atoms with Crippen molar-refractivity contribution in [1.82, 2.24) is 15.5 Å². The molecule has 0 bridgehead atoms. The van der Waals surface area contributed by atoms with Crippen LogP contribution < -0.4 is 10.6 Å². The van der Waals surface area contributed by atoms with Crippen molar-refractivity contribution in [3.63, 3.8) is 0 Å². The van der Waals surface area contributed by atoms with Crippen LogP contribution in [0.3, 0.4) is 0 Å². The number of nitrogens with one attached hydrogen (secondary N) is 2. The van der Waals surface area contributed by atoms with E-state index in [1.165, 1.54) is 0 Å². The van der Waals surface area contributed by atoms with Crippen LogP contribution >= 0.6 is 0 Å². The fraction of sp³-hybridized carbons (Fsp3) is 0.909. The third kappa shape index (κ3) is 5.61. The van der Waals surface area contributed by atoms with E-state index in [1.807, 2.05) is 6.92 Å². The molecular formula is C11H23N3O2S. The Kier molecular flexibility index (Phi) is 6.69. The average Bonchev–Trinajstić information content (AvgIpc) is 2.34. The Morgan fingerprint density at radius 3 is 2.71 bits per heavy atom. The predicted molar refractivity (Wildman–Crippen MR) is 70.5 cm³/mol. The molecule has 17 heavy (non-hydrogen) atoms. The third-order valence-corrected chi connectivity index (χ3v) is 3.85. The number of nitrogens with zero attached hydrogens (tertiary/aromatic N) is 1. The van der Waals surface area contributed by atoms with Gasteiger partial charge in [0.2, 0.25) is 5.91 Å². The first-order valence-electron chi connectivity index (χ1n) is 6.14. The van der Waals surface area contributed by atoms with Gasteiger partial charge >= 0.3 is 0 Å². The van der Waals surface area contributed by atoms with Crippen LogP contribution in [-0.4, -0.2) is 65.8 Å². The summed E-state index contributed by atoms with van der Waals surface area (Å²) in [7, 11) is -0.765. The Balaban J connectivity index is 2.19. The van der Waals surface area contributed by atoms with Crippen LogP contribution in [0.5, 0.6) is 0 Å². The summed E-state index contributed by atoms with van der Waals surface area (Å²) < 4.78 is 10.9. The van der Waals surface area contributed by atoms with Crippen molar-refractivity contribution in [2.45, 2.75) is 19.4 Å². The van der Waals surface area contributed by atoms with E-state index in [-0.39, 0.29) is 11.9 Å². The maximum atomic E-state index is 11.8.